The summed E-state index contributed by atoms with van der Waals surface area (Å²) < 4.78 is 40.3. The van der Waals surface area contributed by atoms with Gasteiger partial charge in [0.1, 0.15) is 5.82 Å². The van der Waals surface area contributed by atoms with Crippen LogP contribution in [0.5, 0.6) is 0 Å². The van der Waals surface area contributed by atoms with Crippen molar-refractivity contribution in [3.05, 3.63) is 58.8 Å². The molecule has 1 atom stereocenters. The summed E-state index contributed by atoms with van der Waals surface area (Å²) in [5.41, 5.74) is 0.381. The van der Waals surface area contributed by atoms with Gasteiger partial charge in [-0.25, -0.2) is 12.8 Å². The highest BCUT2D eigenvalue weighted by Gasteiger charge is 2.22. The average molecular weight is 401 g/mol. The molecule has 0 aliphatic rings. The topological polar surface area (TPSA) is 75.3 Å². The van der Waals surface area contributed by atoms with E-state index < -0.39 is 27.8 Å². The number of rotatable bonds is 5. The molecule has 0 aromatic heterocycles. The molecule has 5 nitrogen and oxygen atoms in total. The molecule has 0 radical (unpaired) electrons. The molecule has 0 saturated heterocycles. The number of halogens is 2. The van der Waals surface area contributed by atoms with Gasteiger partial charge in [-0.1, -0.05) is 15.9 Å². The van der Waals surface area contributed by atoms with Crippen LogP contribution in [0.1, 0.15) is 6.92 Å². The van der Waals surface area contributed by atoms with E-state index in [-0.39, 0.29) is 4.90 Å². The van der Waals surface area contributed by atoms with Crippen LogP contribution >= 0.6 is 15.9 Å². The first kappa shape index (κ1) is 17.6. The molecule has 8 heteroatoms. The maximum absolute atomic E-state index is 12.8. The number of carbonyl (C=O) groups excluding carboxylic acids is 1. The first-order valence-electron chi connectivity index (χ1n) is 6.62. The molecule has 2 aromatic rings. The van der Waals surface area contributed by atoms with Crippen LogP contribution in [0.15, 0.2) is 57.9 Å². The van der Waals surface area contributed by atoms with Crippen LogP contribution < -0.4 is 10.0 Å². The monoisotopic (exact) mass is 400 g/mol. The molecule has 0 aliphatic carbocycles. The van der Waals surface area contributed by atoms with E-state index in [0.717, 1.165) is 4.47 Å². The summed E-state index contributed by atoms with van der Waals surface area (Å²) in [7, 11) is -3.81. The maximum atomic E-state index is 12.8. The van der Waals surface area contributed by atoms with Crippen LogP contribution in [-0.2, 0) is 14.8 Å². The second-order valence-corrected chi connectivity index (χ2v) is 7.42. The van der Waals surface area contributed by atoms with Gasteiger partial charge in [-0.05, 0) is 55.5 Å². The molecule has 1 amide bonds. The predicted molar refractivity (Wildman–Crippen MR) is 89.0 cm³/mol. The second-order valence-electron chi connectivity index (χ2n) is 4.79. The van der Waals surface area contributed by atoms with Crippen molar-refractivity contribution in [2.45, 2.75) is 17.9 Å². The van der Waals surface area contributed by atoms with Gasteiger partial charge in [0, 0.05) is 10.2 Å². The Balaban J connectivity index is 2.05. The van der Waals surface area contributed by atoms with Gasteiger partial charge < -0.3 is 5.32 Å². The highest BCUT2D eigenvalue weighted by Crippen LogP contribution is 2.15. The normalized spacial score (nSPS) is 12.7. The lowest BCUT2D eigenvalue weighted by Crippen LogP contribution is -2.41. The van der Waals surface area contributed by atoms with Gasteiger partial charge >= 0.3 is 0 Å². The van der Waals surface area contributed by atoms with Crippen LogP contribution in [0.25, 0.3) is 0 Å². The van der Waals surface area contributed by atoms with E-state index in [2.05, 4.69) is 26.0 Å². The Hall–Kier alpha value is -1.77. The lowest BCUT2D eigenvalue weighted by molar-refractivity contribution is -0.117. The zero-order valence-corrected chi connectivity index (χ0v) is 14.5. The van der Waals surface area contributed by atoms with Crippen LogP contribution in [0, 0.1) is 5.82 Å². The van der Waals surface area contributed by atoms with E-state index in [4.69, 9.17) is 0 Å². The van der Waals surface area contributed by atoms with Gasteiger partial charge in [0.15, 0.2) is 0 Å². The predicted octanol–water partition coefficient (Wildman–Crippen LogP) is 2.89. The van der Waals surface area contributed by atoms with Crippen molar-refractivity contribution in [1.82, 2.24) is 4.72 Å². The molecule has 23 heavy (non-hydrogen) atoms. The zero-order chi connectivity index (χ0) is 17.0. The number of hydrogen-bond acceptors (Lipinski definition) is 3. The average Bonchev–Trinajstić information content (AvgIpc) is 2.49. The number of anilines is 1. The van der Waals surface area contributed by atoms with Crippen LogP contribution in [0.3, 0.4) is 0 Å². The molecule has 2 N–H and O–H groups in total. The Labute approximate surface area is 142 Å². The molecule has 0 fully saturated rings. The molecule has 0 unspecified atom stereocenters. The fourth-order valence-electron chi connectivity index (χ4n) is 1.75. The Morgan fingerprint density at radius 2 is 1.65 bits per heavy atom. The molecule has 0 aliphatic heterocycles. The van der Waals surface area contributed by atoms with E-state index in [1.165, 1.54) is 43.3 Å². The molecule has 0 bridgehead atoms. The first-order chi connectivity index (χ1) is 10.8. The highest BCUT2D eigenvalue weighted by atomic mass is 79.9. The van der Waals surface area contributed by atoms with E-state index in [1.807, 2.05) is 0 Å². The van der Waals surface area contributed by atoms with Crippen LogP contribution in [-0.4, -0.2) is 20.4 Å². The molecule has 2 aromatic carbocycles. The summed E-state index contributed by atoms with van der Waals surface area (Å²) in [5, 5.41) is 2.51. The minimum Gasteiger partial charge on any atom is -0.325 e. The number of sulfonamides is 1. The van der Waals surface area contributed by atoms with Gasteiger partial charge in [-0.2, -0.15) is 4.72 Å². The van der Waals surface area contributed by atoms with Crippen molar-refractivity contribution in [1.29, 1.82) is 0 Å². The molecule has 0 saturated carbocycles. The highest BCUT2D eigenvalue weighted by molar-refractivity contribution is 9.10. The zero-order valence-electron chi connectivity index (χ0n) is 12.1. The fraction of sp³-hybridized carbons (Fsp3) is 0.133. The van der Waals surface area contributed by atoms with Crippen molar-refractivity contribution in [3.8, 4) is 0 Å². The van der Waals surface area contributed by atoms with E-state index in [1.54, 1.807) is 12.1 Å². The Bertz CT molecular complexity index is 792. The summed E-state index contributed by atoms with van der Waals surface area (Å²) in [4.78, 5) is 12.1. The minimum absolute atomic E-state index is 0.0575. The maximum Gasteiger partial charge on any atom is 0.242 e. The lowest BCUT2D eigenvalue weighted by Gasteiger charge is -2.14. The summed E-state index contributed by atoms with van der Waals surface area (Å²) in [5.74, 6) is -0.968. The van der Waals surface area contributed by atoms with E-state index in [0.29, 0.717) is 5.69 Å². The molecule has 122 valence electrons. The Morgan fingerprint density at radius 3 is 2.22 bits per heavy atom. The van der Waals surface area contributed by atoms with Crippen molar-refractivity contribution in [2.24, 2.45) is 0 Å². The molecule has 2 rings (SSSR count). The molecule has 0 spiro atoms. The number of hydrogen-bond donors (Lipinski definition) is 2. The van der Waals surface area contributed by atoms with Gasteiger partial charge in [0.25, 0.3) is 0 Å². The van der Waals surface area contributed by atoms with Crippen LogP contribution in [0.2, 0.25) is 0 Å². The van der Waals surface area contributed by atoms with Crippen molar-refractivity contribution in [3.63, 3.8) is 0 Å². The van der Waals surface area contributed by atoms with Crippen LogP contribution in [0.4, 0.5) is 10.1 Å². The summed E-state index contributed by atoms with van der Waals surface area (Å²) in [6, 6.07) is 10.2. The number of nitrogens with one attached hydrogen (secondary N) is 2. The van der Waals surface area contributed by atoms with Crippen molar-refractivity contribution in [2.75, 3.05) is 5.32 Å². The third kappa shape index (κ3) is 4.85. The lowest BCUT2D eigenvalue weighted by atomic mass is 10.3. The third-order valence-corrected chi connectivity index (χ3v) is 5.05. The quantitative estimate of drug-likeness (QED) is 0.809. The van der Waals surface area contributed by atoms with Gasteiger partial charge in [-0.3, -0.25) is 4.79 Å². The van der Waals surface area contributed by atoms with Crippen molar-refractivity contribution >= 4 is 37.5 Å². The summed E-state index contributed by atoms with van der Waals surface area (Å²) in [6.45, 7) is 1.43. The Kier molecular flexibility index (Phi) is 5.51. The van der Waals surface area contributed by atoms with E-state index >= 15 is 0 Å². The fourth-order valence-corrected chi connectivity index (χ4v) is 3.22. The SMILES string of the molecule is C[C@H](NS(=O)(=O)c1ccc(Br)cc1)C(=O)Nc1ccc(F)cc1. The van der Waals surface area contributed by atoms with Crippen molar-refractivity contribution < 1.29 is 17.6 Å². The number of amides is 1. The van der Waals surface area contributed by atoms with Gasteiger partial charge in [0.05, 0.1) is 10.9 Å². The minimum atomic E-state index is -3.81. The van der Waals surface area contributed by atoms with Gasteiger partial charge in [-0.15, -0.1) is 0 Å². The molecular formula is C15H14BrFN2O3S. The molecule has 0 heterocycles. The molecular weight excluding hydrogens is 387 g/mol. The smallest absolute Gasteiger partial charge is 0.242 e. The summed E-state index contributed by atoms with van der Waals surface area (Å²) in [6.07, 6.45) is 0. The van der Waals surface area contributed by atoms with Gasteiger partial charge in [0.2, 0.25) is 15.9 Å². The largest absolute Gasteiger partial charge is 0.325 e. The number of carbonyl (C=O) groups is 1. The van der Waals surface area contributed by atoms with E-state index in [9.17, 15) is 17.6 Å². The third-order valence-electron chi connectivity index (χ3n) is 2.96. The second kappa shape index (κ2) is 7.20. The Morgan fingerprint density at radius 1 is 1.09 bits per heavy atom. The number of benzene rings is 2. The first-order valence-corrected chi connectivity index (χ1v) is 8.90. The standard InChI is InChI=1S/C15H14BrFN2O3S/c1-10(15(20)18-13-6-4-12(17)5-7-13)19-23(21,22)14-8-2-11(16)3-9-14/h2-10,19H,1H3,(H,18,20)/t10-/m0/s1. The summed E-state index contributed by atoms with van der Waals surface area (Å²) >= 11 is 3.22.